The molecule has 1 spiro atoms. The van der Waals surface area contributed by atoms with Gasteiger partial charge in [-0.1, -0.05) is 6.92 Å². The Morgan fingerprint density at radius 3 is 2.43 bits per heavy atom. The number of likely N-dealkylation sites (tertiary alicyclic amines) is 2. The van der Waals surface area contributed by atoms with Gasteiger partial charge in [-0.2, -0.15) is 0 Å². The van der Waals surface area contributed by atoms with E-state index in [0.29, 0.717) is 9.99 Å². The van der Waals surface area contributed by atoms with Gasteiger partial charge >= 0.3 is 6.09 Å². The van der Waals surface area contributed by atoms with Crippen LogP contribution in [0.2, 0.25) is 0 Å². The van der Waals surface area contributed by atoms with Gasteiger partial charge in [-0.3, -0.25) is 0 Å². The maximum atomic E-state index is 15.5. The number of rotatable bonds is 3. The Morgan fingerprint density at radius 2 is 1.84 bits per heavy atom. The molecule has 3 aliphatic heterocycles. The summed E-state index contributed by atoms with van der Waals surface area (Å²) >= 11 is 5.59. The summed E-state index contributed by atoms with van der Waals surface area (Å²) in [5.41, 5.74) is 0.0591. The van der Waals surface area contributed by atoms with Crippen molar-refractivity contribution < 1.29 is 13.9 Å². The zero-order valence-corrected chi connectivity index (χ0v) is 25.9. The van der Waals surface area contributed by atoms with Gasteiger partial charge in [-0.05, 0) is 111 Å². The van der Waals surface area contributed by atoms with Crippen molar-refractivity contribution in [3.05, 3.63) is 25.8 Å². The molecule has 0 radical (unpaired) electrons. The second-order valence-corrected chi connectivity index (χ2v) is 13.8. The van der Waals surface area contributed by atoms with Gasteiger partial charge in [0.25, 0.3) is 0 Å². The highest BCUT2D eigenvalue weighted by Crippen LogP contribution is 2.43. The lowest BCUT2D eigenvalue weighted by Crippen LogP contribution is -2.62. The summed E-state index contributed by atoms with van der Waals surface area (Å²) in [6.45, 7) is 14.1. The van der Waals surface area contributed by atoms with Crippen molar-refractivity contribution in [1.29, 1.82) is 0 Å². The number of benzene rings is 1. The predicted molar refractivity (Wildman–Crippen MR) is 156 cm³/mol. The Bertz CT molecular complexity index is 1180. The summed E-state index contributed by atoms with van der Waals surface area (Å²) < 4.78 is 22.3. The molecule has 1 aromatic carbocycles. The molecule has 0 saturated carbocycles. The minimum Gasteiger partial charge on any atom is -0.444 e. The number of nitrogens with zero attached hydrogens (tertiary/aromatic N) is 5. The quantitative estimate of drug-likeness (QED) is 0.284. The molecule has 37 heavy (non-hydrogen) atoms. The maximum absolute atomic E-state index is 15.5. The van der Waals surface area contributed by atoms with Crippen LogP contribution in [0.3, 0.4) is 0 Å². The van der Waals surface area contributed by atoms with Crippen molar-refractivity contribution >= 4 is 61.3 Å². The van der Waals surface area contributed by atoms with Crippen molar-refractivity contribution in [2.45, 2.75) is 64.9 Å². The minimum atomic E-state index is -0.482. The maximum Gasteiger partial charge on any atom is 0.410 e. The van der Waals surface area contributed by atoms with Crippen molar-refractivity contribution in [3.8, 4) is 0 Å². The molecule has 4 heterocycles. The SMILES string of the molecule is CCN1CCC(c2nc(N3CCC4(CC3)CN(C(=O)OC(C)(C)C)C4)c3cc(I)c(Br)c(F)c3n2)CC1. The molecular weight excluding hydrogens is 652 g/mol. The normalized spacial score (nSPS) is 20.9. The van der Waals surface area contributed by atoms with Gasteiger partial charge in [-0.25, -0.2) is 19.2 Å². The molecule has 0 N–H and O–H groups in total. The molecule has 1 aromatic heterocycles. The Morgan fingerprint density at radius 1 is 1.19 bits per heavy atom. The van der Waals surface area contributed by atoms with E-state index in [-0.39, 0.29) is 23.2 Å². The minimum absolute atomic E-state index is 0.134. The number of fused-ring (bicyclic) bond motifs is 1. The average molecular weight is 688 g/mol. The molecule has 10 heteroatoms. The Hall–Kier alpha value is -1.27. The zero-order valence-electron chi connectivity index (χ0n) is 22.1. The Kier molecular flexibility index (Phi) is 7.65. The summed E-state index contributed by atoms with van der Waals surface area (Å²) in [6.07, 6.45) is 3.71. The van der Waals surface area contributed by atoms with Crippen molar-refractivity contribution in [3.63, 3.8) is 0 Å². The number of amides is 1. The third-order valence-corrected chi connectivity index (χ3v) is 10.4. The number of ether oxygens (including phenoxy) is 1. The first-order chi connectivity index (χ1) is 17.5. The van der Waals surface area contributed by atoms with Crippen LogP contribution in [0.5, 0.6) is 0 Å². The smallest absolute Gasteiger partial charge is 0.410 e. The van der Waals surface area contributed by atoms with Crippen LogP contribution in [0, 0.1) is 14.8 Å². The topological polar surface area (TPSA) is 61.8 Å². The van der Waals surface area contributed by atoms with Gasteiger partial charge in [0.15, 0.2) is 5.82 Å². The molecule has 0 bridgehead atoms. The van der Waals surface area contributed by atoms with E-state index in [1.165, 1.54) is 0 Å². The Labute approximate surface area is 240 Å². The molecule has 0 atom stereocenters. The van der Waals surface area contributed by atoms with E-state index in [2.05, 4.69) is 55.2 Å². The third kappa shape index (κ3) is 5.57. The lowest BCUT2D eigenvalue weighted by molar-refractivity contribution is -0.0434. The summed E-state index contributed by atoms with van der Waals surface area (Å²) in [7, 11) is 0. The number of carbonyl (C=O) groups excluding carboxylic acids is 1. The fraction of sp³-hybridized carbons (Fsp3) is 0.667. The fourth-order valence-corrected chi connectivity index (χ4v) is 6.68. The van der Waals surface area contributed by atoms with E-state index in [4.69, 9.17) is 14.7 Å². The van der Waals surface area contributed by atoms with Gasteiger partial charge in [0.05, 0.1) is 4.47 Å². The van der Waals surface area contributed by atoms with E-state index in [1.807, 2.05) is 31.7 Å². The highest BCUT2D eigenvalue weighted by molar-refractivity contribution is 14.1. The molecule has 3 saturated heterocycles. The number of anilines is 1. The van der Waals surface area contributed by atoms with Crippen LogP contribution in [0.15, 0.2) is 10.5 Å². The van der Waals surface area contributed by atoms with E-state index < -0.39 is 5.60 Å². The summed E-state index contributed by atoms with van der Waals surface area (Å²) in [5.74, 6) is 1.55. The van der Waals surface area contributed by atoms with Gasteiger partial charge in [-0.15, -0.1) is 0 Å². The second kappa shape index (κ2) is 10.4. The van der Waals surface area contributed by atoms with Crippen molar-refractivity contribution in [1.82, 2.24) is 19.8 Å². The predicted octanol–water partition coefficient (Wildman–Crippen LogP) is 6.17. The van der Waals surface area contributed by atoms with E-state index in [1.54, 1.807) is 0 Å². The average Bonchev–Trinajstić information content (AvgIpc) is 2.84. The number of hydrogen-bond donors (Lipinski definition) is 0. The highest BCUT2D eigenvalue weighted by atomic mass is 127. The Balaban J connectivity index is 1.37. The van der Waals surface area contributed by atoms with E-state index >= 15 is 4.39 Å². The lowest BCUT2D eigenvalue weighted by atomic mass is 9.72. The molecule has 0 unspecified atom stereocenters. The summed E-state index contributed by atoms with van der Waals surface area (Å²) in [6, 6.07) is 2.00. The molecule has 7 nitrogen and oxygen atoms in total. The van der Waals surface area contributed by atoms with Crippen LogP contribution in [0.25, 0.3) is 10.9 Å². The second-order valence-electron chi connectivity index (χ2n) is 11.8. The number of aromatic nitrogens is 2. The number of carbonyl (C=O) groups is 1. The first-order valence-corrected chi connectivity index (χ1v) is 15.2. The lowest BCUT2D eigenvalue weighted by Gasteiger charge is -2.53. The van der Waals surface area contributed by atoms with Crippen molar-refractivity contribution in [2.75, 3.05) is 50.7 Å². The monoisotopic (exact) mass is 687 g/mol. The molecular formula is C27H36BrFIN5O2. The van der Waals surface area contributed by atoms with Gasteiger partial charge in [0.2, 0.25) is 0 Å². The first-order valence-electron chi connectivity index (χ1n) is 13.3. The van der Waals surface area contributed by atoms with Crippen LogP contribution in [-0.2, 0) is 4.74 Å². The van der Waals surface area contributed by atoms with Crippen LogP contribution in [-0.4, -0.2) is 77.3 Å². The number of piperidine rings is 2. The molecule has 3 aliphatic rings. The number of halogens is 3. The zero-order chi connectivity index (χ0) is 26.5. The molecule has 1 amide bonds. The van der Waals surface area contributed by atoms with Gasteiger partial charge in [0, 0.05) is 46.5 Å². The van der Waals surface area contributed by atoms with Crippen LogP contribution in [0.1, 0.15) is 65.1 Å². The molecule has 0 aliphatic carbocycles. The van der Waals surface area contributed by atoms with Gasteiger partial charge < -0.3 is 19.4 Å². The van der Waals surface area contributed by atoms with Crippen molar-refractivity contribution in [2.24, 2.45) is 5.41 Å². The molecule has 3 fully saturated rings. The summed E-state index contributed by atoms with van der Waals surface area (Å²) in [5, 5.41) is 0.778. The van der Waals surface area contributed by atoms with Crippen LogP contribution < -0.4 is 4.90 Å². The highest BCUT2D eigenvalue weighted by Gasteiger charge is 2.48. The summed E-state index contributed by atoms with van der Waals surface area (Å²) in [4.78, 5) is 28.9. The molecule has 2 aromatic rings. The standard InChI is InChI=1S/C27H36BrFIN5O2/c1-5-33-10-6-17(7-11-33)23-31-22-18(14-19(30)20(28)21(22)29)24(32-23)34-12-8-27(9-13-34)15-35(16-27)25(36)37-26(2,3)4/h14,17H,5-13,15-16H2,1-4H3. The molecule has 202 valence electrons. The largest absolute Gasteiger partial charge is 0.444 e. The van der Waals surface area contributed by atoms with Gasteiger partial charge in [0.1, 0.15) is 22.8 Å². The first kappa shape index (κ1) is 27.3. The molecule has 5 rings (SSSR count). The third-order valence-electron chi connectivity index (χ3n) is 8.05. The van der Waals surface area contributed by atoms with E-state index in [0.717, 1.165) is 92.1 Å². The van der Waals surface area contributed by atoms with Crippen LogP contribution >= 0.6 is 38.5 Å². The van der Waals surface area contributed by atoms with E-state index in [9.17, 15) is 4.79 Å². The number of hydrogen-bond acceptors (Lipinski definition) is 6. The fourth-order valence-electron chi connectivity index (χ4n) is 5.83. The van der Waals surface area contributed by atoms with Crippen LogP contribution in [0.4, 0.5) is 15.0 Å².